The molecular formula is C19H18N2O2. The van der Waals surface area contributed by atoms with Crippen molar-refractivity contribution in [2.45, 2.75) is 6.10 Å². The highest BCUT2D eigenvalue weighted by Crippen LogP contribution is 2.22. The van der Waals surface area contributed by atoms with E-state index in [2.05, 4.69) is 10.6 Å². The van der Waals surface area contributed by atoms with Crippen LogP contribution in [-0.4, -0.2) is 17.7 Å². The van der Waals surface area contributed by atoms with E-state index in [9.17, 15) is 9.90 Å². The molecule has 0 heterocycles. The lowest BCUT2D eigenvalue weighted by molar-refractivity contribution is 0.175. The minimum Gasteiger partial charge on any atom is -0.387 e. The van der Waals surface area contributed by atoms with Crippen molar-refractivity contribution in [2.75, 3.05) is 11.9 Å². The Labute approximate surface area is 134 Å². The molecule has 1 atom stereocenters. The zero-order valence-electron chi connectivity index (χ0n) is 12.6. The predicted octanol–water partition coefficient (Wildman–Crippen LogP) is 3.69. The molecule has 0 spiro atoms. The number of urea groups is 1. The van der Waals surface area contributed by atoms with E-state index in [1.165, 1.54) is 0 Å². The first-order valence-corrected chi connectivity index (χ1v) is 7.49. The number of benzene rings is 3. The summed E-state index contributed by atoms with van der Waals surface area (Å²) < 4.78 is 0. The summed E-state index contributed by atoms with van der Waals surface area (Å²) >= 11 is 0. The van der Waals surface area contributed by atoms with E-state index in [0.29, 0.717) is 0 Å². The van der Waals surface area contributed by atoms with Crippen LogP contribution in [0.25, 0.3) is 10.8 Å². The predicted molar refractivity (Wildman–Crippen MR) is 92.4 cm³/mol. The van der Waals surface area contributed by atoms with Crippen molar-refractivity contribution in [3.8, 4) is 0 Å². The summed E-state index contributed by atoms with van der Waals surface area (Å²) in [6.45, 7) is 0.153. The summed E-state index contributed by atoms with van der Waals surface area (Å²) in [5.74, 6) is 0. The third kappa shape index (κ3) is 3.67. The van der Waals surface area contributed by atoms with Crippen LogP contribution < -0.4 is 10.6 Å². The Balaban J connectivity index is 1.63. The van der Waals surface area contributed by atoms with Gasteiger partial charge in [-0.3, -0.25) is 0 Å². The lowest BCUT2D eigenvalue weighted by Crippen LogP contribution is -2.32. The Hall–Kier alpha value is -2.85. The Morgan fingerprint density at radius 3 is 2.43 bits per heavy atom. The number of nitrogens with one attached hydrogen (secondary N) is 2. The number of aliphatic hydroxyl groups excluding tert-OH is 1. The molecule has 3 N–H and O–H groups in total. The largest absolute Gasteiger partial charge is 0.387 e. The van der Waals surface area contributed by atoms with Gasteiger partial charge in [0.05, 0.1) is 11.8 Å². The van der Waals surface area contributed by atoms with E-state index in [1.807, 2.05) is 72.8 Å². The van der Waals surface area contributed by atoms with Crippen LogP contribution in [0.4, 0.5) is 10.5 Å². The first-order valence-electron chi connectivity index (χ1n) is 7.49. The Morgan fingerprint density at radius 1 is 0.913 bits per heavy atom. The number of hydrogen-bond acceptors (Lipinski definition) is 2. The number of anilines is 1. The highest BCUT2D eigenvalue weighted by atomic mass is 16.3. The van der Waals surface area contributed by atoms with Gasteiger partial charge in [-0.25, -0.2) is 4.79 Å². The molecule has 4 heteroatoms. The van der Waals surface area contributed by atoms with Crippen molar-refractivity contribution in [1.82, 2.24) is 5.32 Å². The molecule has 23 heavy (non-hydrogen) atoms. The summed E-state index contributed by atoms with van der Waals surface area (Å²) in [6.07, 6.45) is -0.727. The maximum Gasteiger partial charge on any atom is 0.319 e. The molecule has 3 rings (SSSR count). The zero-order chi connectivity index (χ0) is 16.1. The van der Waals surface area contributed by atoms with Gasteiger partial charge in [0.15, 0.2) is 0 Å². The van der Waals surface area contributed by atoms with E-state index in [0.717, 1.165) is 22.0 Å². The topological polar surface area (TPSA) is 61.4 Å². The number of carbonyl (C=O) groups excluding carboxylic acids is 1. The first-order chi connectivity index (χ1) is 11.2. The van der Waals surface area contributed by atoms with Crippen LogP contribution in [-0.2, 0) is 0 Å². The van der Waals surface area contributed by atoms with Crippen LogP contribution in [0.3, 0.4) is 0 Å². The van der Waals surface area contributed by atoms with Gasteiger partial charge in [-0.1, -0.05) is 66.7 Å². The fourth-order valence-electron chi connectivity index (χ4n) is 2.48. The lowest BCUT2D eigenvalue weighted by Gasteiger charge is -2.13. The summed E-state index contributed by atoms with van der Waals surface area (Å²) in [6, 6.07) is 22.5. The number of aliphatic hydroxyl groups is 1. The molecule has 0 aliphatic rings. The lowest BCUT2D eigenvalue weighted by atomic mass is 10.1. The van der Waals surface area contributed by atoms with Crippen LogP contribution in [0, 0.1) is 0 Å². The van der Waals surface area contributed by atoms with Crippen LogP contribution in [0.1, 0.15) is 11.7 Å². The molecule has 0 radical (unpaired) electrons. The van der Waals surface area contributed by atoms with Crippen molar-refractivity contribution in [1.29, 1.82) is 0 Å². The molecule has 116 valence electrons. The van der Waals surface area contributed by atoms with Gasteiger partial charge in [-0.15, -0.1) is 0 Å². The number of carbonyl (C=O) groups is 1. The third-order valence-electron chi connectivity index (χ3n) is 3.68. The van der Waals surface area contributed by atoms with E-state index < -0.39 is 6.10 Å². The minimum atomic E-state index is -0.727. The molecule has 3 aromatic carbocycles. The van der Waals surface area contributed by atoms with Gasteiger partial charge < -0.3 is 15.7 Å². The number of amides is 2. The average molecular weight is 306 g/mol. The smallest absolute Gasteiger partial charge is 0.319 e. The van der Waals surface area contributed by atoms with Crippen LogP contribution in [0.5, 0.6) is 0 Å². The van der Waals surface area contributed by atoms with Crippen molar-refractivity contribution < 1.29 is 9.90 Å². The van der Waals surface area contributed by atoms with Gasteiger partial charge >= 0.3 is 6.03 Å². The summed E-state index contributed by atoms with van der Waals surface area (Å²) in [5.41, 5.74) is 1.52. The second kappa shape index (κ2) is 6.94. The maximum absolute atomic E-state index is 12.1. The van der Waals surface area contributed by atoms with Gasteiger partial charge in [-0.2, -0.15) is 0 Å². The molecule has 3 aromatic rings. The molecule has 0 fully saturated rings. The molecular weight excluding hydrogens is 288 g/mol. The van der Waals surface area contributed by atoms with E-state index in [4.69, 9.17) is 0 Å². The van der Waals surface area contributed by atoms with E-state index >= 15 is 0 Å². The normalized spacial score (nSPS) is 11.9. The average Bonchev–Trinajstić information content (AvgIpc) is 2.61. The van der Waals surface area contributed by atoms with E-state index in [1.54, 1.807) is 0 Å². The number of hydrogen-bond donors (Lipinski definition) is 3. The van der Waals surface area contributed by atoms with Gasteiger partial charge in [0.2, 0.25) is 0 Å². The second-order valence-corrected chi connectivity index (χ2v) is 5.29. The third-order valence-corrected chi connectivity index (χ3v) is 3.68. The Kier molecular flexibility index (Phi) is 4.54. The molecule has 0 unspecified atom stereocenters. The Bertz CT molecular complexity index is 797. The fourth-order valence-corrected chi connectivity index (χ4v) is 2.48. The van der Waals surface area contributed by atoms with Gasteiger partial charge in [0.1, 0.15) is 0 Å². The zero-order valence-corrected chi connectivity index (χ0v) is 12.6. The van der Waals surface area contributed by atoms with E-state index in [-0.39, 0.29) is 12.6 Å². The summed E-state index contributed by atoms with van der Waals surface area (Å²) in [4.78, 5) is 12.1. The van der Waals surface area contributed by atoms with Crippen LogP contribution in [0.2, 0.25) is 0 Å². The van der Waals surface area contributed by atoms with Crippen LogP contribution in [0.15, 0.2) is 72.8 Å². The fraction of sp³-hybridized carbons (Fsp3) is 0.105. The van der Waals surface area contributed by atoms with Crippen molar-refractivity contribution in [3.05, 3.63) is 78.4 Å². The molecule has 0 aliphatic heterocycles. The van der Waals surface area contributed by atoms with Gasteiger partial charge in [0, 0.05) is 11.9 Å². The maximum atomic E-state index is 12.1. The summed E-state index contributed by atoms with van der Waals surface area (Å²) in [5, 5.41) is 17.6. The molecule has 0 saturated carbocycles. The highest BCUT2D eigenvalue weighted by Gasteiger charge is 2.10. The molecule has 0 aliphatic carbocycles. The first kappa shape index (κ1) is 15.1. The molecule has 2 amide bonds. The standard InChI is InChI=1S/C19H18N2O2/c22-18(15-8-2-1-3-9-15)13-20-19(23)21-17-12-6-10-14-7-4-5-11-16(14)17/h1-12,18,22H,13H2,(H2,20,21,23)/t18-/m1/s1. The summed E-state index contributed by atoms with van der Waals surface area (Å²) in [7, 11) is 0. The molecule has 4 nitrogen and oxygen atoms in total. The Morgan fingerprint density at radius 2 is 1.61 bits per heavy atom. The van der Waals surface area contributed by atoms with Crippen molar-refractivity contribution in [2.24, 2.45) is 0 Å². The van der Waals surface area contributed by atoms with Gasteiger partial charge in [-0.05, 0) is 17.0 Å². The second-order valence-electron chi connectivity index (χ2n) is 5.29. The number of rotatable bonds is 4. The highest BCUT2D eigenvalue weighted by molar-refractivity contribution is 6.01. The minimum absolute atomic E-state index is 0.153. The molecule has 0 saturated heterocycles. The monoisotopic (exact) mass is 306 g/mol. The van der Waals surface area contributed by atoms with Gasteiger partial charge in [0.25, 0.3) is 0 Å². The quantitative estimate of drug-likeness (QED) is 0.688. The van der Waals surface area contributed by atoms with Crippen molar-refractivity contribution >= 4 is 22.5 Å². The number of fused-ring (bicyclic) bond motifs is 1. The molecule has 0 bridgehead atoms. The van der Waals surface area contributed by atoms with Crippen LogP contribution >= 0.6 is 0 Å². The van der Waals surface area contributed by atoms with Crippen molar-refractivity contribution in [3.63, 3.8) is 0 Å². The molecule has 0 aromatic heterocycles. The SMILES string of the molecule is O=C(NC[C@@H](O)c1ccccc1)Nc1cccc2ccccc12.